The molecule has 0 bridgehead atoms. The highest BCUT2D eigenvalue weighted by Gasteiger charge is 2.16. The number of aliphatic hydroxyl groups excluding tert-OH is 1. The van der Waals surface area contributed by atoms with Gasteiger partial charge in [0.1, 0.15) is 0 Å². The molecule has 1 atom stereocenters. The summed E-state index contributed by atoms with van der Waals surface area (Å²) in [5, 5.41) is 12.5. The zero-order valence-corrected chi connectivity index (χ0v) is 13.6. The largest absolute Gasteiger partial charge is 0.389 e. The fourth-order valence-corrected chi connectivity index (χ4v) is 2.20. The van der Waals surface area contributed by atoms with Crippen molar-refractivity contribution in [2.24, 2.45) is 0 Å². The van der Waals surface area contributed by atoms with Crippen LogP contribution in [0.5, 0.6) is 0 Å². The predicted octanol–water partition coefficient (Wildman–Crippen LogP) is 4.17. The molecule has 2 amide bonds. The van der Waals surface area contributed by atoms with Gasteiger partial charge >= 0.3 is 6.03 Å². The molecule has 2 N–H and O–H groups in total. The molecule has 1 rings (SSSR count). The van der Waals surface area contributed by atoms with Crippen LogP contribution in [0.25, 0.3) is 0 Å². The number of carbonyl (C=O) groups excluding carboxylic acids is 1. The molecule has 0 aliphatic rings. The maximum atomic E-state index is 12.4. The van der Waals surface area contributed by atoms with E-state index >= 15 is 0 Å². The van der Waals surface area contributed by atoms with Gasteiger partial charge < -0.3 is 15.3 Å². The second-order valence-electron chi connectivity index (χ2n) is 5.73. The van der Waals surface area contributed by atoms with E-state index in [2.05, 4.69) is 12.2 Å². The van der Waals surface area contributed by atoms with E-state index in [1.165, 1.54) is 0 Å². The lowest BCUT2D eigenvalue weighted by Gasteiger charge is -2.27. The van der Waals surface area contributed by atoms with Crippen LogP contribution in [0.1, 0.15) is 58.6 Å². The number of anilines is 1. The Morgan fingerprint density at radius 3 is 2.57 bits per heavy atom. The Morgan fingerprint density at radius 2 is 2.00 bits per heavy atom. The Morgan fingerprint density at radius 1 is 1.29 bits per heavy atom. The summed E-state index contributed by atoms with van der Waals surface area (Å²) in [6, 6.07) is 7.43. The van der Waals surface area contributed by atoms with E-state index in [1.807, 2.05) is 43.0 Å². The first kappa shape index (κ1) is 17.5. The summed E-state index contributed by atoms with van der Waals surface area (Å²) in [6.45, 7) is 8.69. The fourth-order valence-electron chi connectivity index (χ4n) is 2.20. The van der Waals surface area contributed by atoms with Crippen LogP contribution in [0.2, 0.25) is 0 Å². The molecule has 0 radical (unpaired) electrons. The Kier molecular flexibility index (Phi) is 7.23. The summed E-state index contributed by atoms with van der Waals surface area (Å²) in [6.07, 6.45) is 2.76. The Hall–Kier alpha value is -1.55. The van der Waals surface area contributed by atoms with Gasteiger partial charge in [-0.05, 0) is 44.9 Å². The lowest BCUT2D eigenvalue weighted by atomic mass is 10.1. The van der Waals surface area contributed by atoms with Crippen LogP contribution < -0.4 is 5.32 Å². The smallest absolute Gasteiger partial charge is 0.322 e. The van der Waals surface area contributed by atoms with E-state index in [9.17, 15) is 9.90 Å². The summed E-state index contributed by atoms with van der Waals surface area (Å²) in [7, 11) is 0. The Balaban J connectivity index is 2.70. The number of urea groups is 1. The molecule has 21 heavy (non-hydrogen) atoms. The van der Waals surface area contributed by atoms with Crippen molar-refractivity contribution in [3.05, 3.63) is 29.8 Å². The van der Waals surface area contributed by atoms with Gasteiger partial charge in [-0.2, -0.15) is 0 Å². The molecular weight excluding hydrogens is 264 g/mol. The van der Waals surface area contributed by atoms with E-state index in [0.29, 0.717) is 0 Å². The number of aliphatic hydroxyl groups is 1. The van der Waals surface area contributed by atoms with Crippen LogP contribution in [0.4, 0.5) is 10.5 Å². The zero-order valence-electron chi connectivity index (χ0n) is 13.6. The number of unbranched alkanes of at least 4 members (excludes halogenated alkanes) is 2. The third kappa shape index (κ3) is 5.76. The lowest BCUT2D eigenvalue weighted by molar-refractivity contribution is 0.195. The lowest BCUT2D eigenvalue weighted by Crippen LogP contribution is -2.40. The highest BCUT2D eigenvalue weighted by atomic mass is 16.3. The second kappa shape index (κ2) is 8.67. The SMILES string of the molecule is CCCCCN(C(=O)Nc1cccc(C(C)O)c1)C(C)C. The number of carbonyl (C=O) groups is 1. The van der Waals surface area contributed by atoms with Crippen molar-refractivity contribution in [1.29, 1.82) is 0 Å². The summed E-state index contributed by atoms with van der Waals surface area (Å²) in [5.41, 5.74) is 1.52. The van der Waals surface area contributed by atoms with Gasteiger partial charge in [0.05, 0.1) is 6.10 Å². The van der Waals surface area contributed by atoms with Crippen molar-refractivity contribution in [1.82, 2.24) is 4.90 Å². The molecule has 0 aliphatic heterocycles. The van der Waals surface area contributed by atoms with E-state index in [-0.39, 0.29) is 12.1 Å². The molecule has 4 heteroatoms. The number of hydrogen-bond donors (Lipinski definition) is 2. The third-order valence-electron chi connectivity index (χ3n) is 3.51. The zero-order chi connectivity index (χ0) is 15.8. The summed E-state index contributed by atoms with van der Waals surface area (Å²) >= 11 is 0. The van der Waals surface area contributed by atoms with Crippen molar-refractivity contribution >= 4 is 11.7 Å². The predicted molar refractivity (Wildman–Crippen MR) is 87.5 cm³/mol. The highest BCUT2D eigenvalue weighted by Crippen LogP contribution is 2.18. The molecule has 1 unspecified atom stereocenters. The molecule has 0 aliphatic carbocycles. The number of amides is 2. The monoisotopic (exact) mass is 292 g/mol. The van der Waals surface area contributed by atoms with E-state index < -0.39 is 6.10 Å². The summed E-state index contributed by atoms with van der Waals surface area (Å²) < 4.78 is 0. The summed E-state index contributed by atoms with van der Waals surface area (Å²) in [5.74, 6) is 0. The minimum absolute atomic E-state index is 0.0798. The van der Waals surface area contributed by atoms with Crippen LogP contribution >= 0.6 is 0 Å². The van der Waals surface area contributed by atoms with Gasteiger partial charge in [-0.1, -0.05) is 31.9 Å². The third-order valence-corrected chi connectivity index (χ3v) is 3.51. The van der Waals surface area contributed by atoms with Crippen molar-refractivity contribution in [3.8, 4) is 0 Å². The molecule has 1 aromatic rings. The van der Waals surface area contributed by atoms with E-state index in [1.54, 1.807) is 6.92 Å². The molecule has 0 saturated heterocycles. The molecule has 0 aromatic heterocycles. The van der Waals surface area contributed by atoms with Crippen molar-refractivity contribution in [2.75, 3.05) is 11.9 Å². The number of nitrogens with one attached hydrogen (secondary N) is 1. The highest BCUT2D eigenvalue weighted by molar-refractivity contribution is 5.89. The van der Waals surface area contributed by atoms with E-state index in [4.69, 9.17) is 0 Å². The normalized spacial score (nSPS) is 12.3. The van der Waals surface area contributed by atoms with Crippen LogP contribution in [0.15, 0.2) is 24.3 Å². The number of hydrogen-bond acceptors (Lipinski definition) is 2. The number of rotatable bonds is 7. The second-order valence-corrected chi connectivity index (χ2v) is 5.73. The van der Waals surface area contributed by atoms with Gasteiger partial charge in [-0.25, -0.2) is 4.79 Å². The first-order valence-electron chi connectivity index (χ1n) is 7.81. The van der Waals surface area contributed by atoms with Crippen LogP contribution in [-0.2, 0) is 0 Å². The first-order chi connectivity index (χ1) is 9.95. The van der Waals surface area contributed by atoms with Crippen LogP contribution in [0.3, 0.4) is 0 Å². The topological polar surface area (TPSA) is 52.6 Å². The molecule has 0 spiro atoms. The maximum absolute atomic E-state index is 12.4. The minimum Gasteiger partial charge on any atom is -0.389 e. The van der Waals surface area contributed by atoms with Crippen molar-refractivity contribution in [3.63, 3.8) is 0 Å². The number of nitrogens with zero attached hydrogens (tertiary/aromatic N) is 1. The molecule has 1 aromatic carbocycles. The van der Waals surface area contributed by atoms with Gasteiger partial charge in [-0.15, -0.1) is 0 Å². The molecule has 118 valence electrons. The summed E-state index contributed by atoms with van der Waals surface area (Å²) in [4.78, 5) is 14.2. The molecule has 0 heterocycles. The average molecular weight is 292 g/mol. The van der Waals surface area contributed by atoms with Gasteiger partial charge in [0.2, 0.25) is 0 Å². The quantitative estimate of drug-likeness (QED) is 0.741. The number of benzene rings is 1. The Bertz CT molecular complexity index is 444. The minimum atomic E-state index is -0.535. The fraction of sp³-hybridized carbons (Fsp3) is 0.588. The molecule has 0 saturated carbocycles. The average Bonchev–Trinajstić information content (AvgIpc) is 2.43. The van der Waals surface area contributed by atoms with Gasteiger partial charge in [0.15, 0.2) is 0 Å². The van der Waals surface area contributed by atoms with Crippen LogP contribution in [0, 0.1) is 0 Å². The van der Waals surface area contributed by atoms with Gasteiger partial charge in [0.25, 0.3) is 0 Å². The molecule has 4 nitrogen and oxygen atoms in total. The Labute approximate surface area is 128 Å². The van der Waals surface area contributed by atoms with Gasteiger partial charge in [-0.3, -0.25) is 0 Å². The van der Waals surface area contributed by atoms with Crippen molar-refractivity contribution in [2.45, 2.75) is 59.1 Å². The van der Waals surface area contributed by atoms with Crippen molar-refractivity contribution < 1.29 is 9.90 Å². The first-order valence-corrected chi connectivity index (χ1v) is 7.81. The van der Waals surface area contributed by atoms with E-state index in [0.717, 1.165) is 37.1 Å². The maximum Gasteiger partial charge on any atom is 0.322 e. The van der Waals surface area contributed by atoms with Gasteiger partial charge in [0, 0.05) is 18.3 Å². The van der Waals surface area contributed by atoms with Crippen LogP contribution in [-0.4, -0.2) is 28.6 Å². The molecule has 0 fully saturated rings. The molecular formula is C17H28N2O2. The standard InChI is InChI=1S/C17H28N2O2/c1-5-6-7-11-19(13(2)3)17(21)18-16-10-8-9-15(12-16)14(4)20/h8-10,12-14,20H,5-7,11H2,1-4H3,(H,18,21).